The predicted octanol–water partition coefficient (Wildman–Crippen LogP) is -5.50. The fraction of sp³-hybridized carbons (Fsp3) is 0.568. The quantitative estimate of drug-likeness (QED) is 0.0893. The Morgan fingerprint density at radius 3 is 2.33 bits per heavy atom. The summed E-state index contributed by atoms with van der Waals surface area (Å²) in [5.74, 6) is -9.81. The van der Waals surface area contributed by atoms with Gasteiger partial charge in [0.1, 0.15) is 41.0 Å². The van der Waals surface area contributed by atoms with Gasteiger partial charge in [0.2, 0.25) is 47.3 Å². The molecule has 2 aliphatic heterocycles. The third-order valence-electron chi connectivity index (χ3n) is 10.7. The van der Waals surface area contributed by atoms with Crippen molar-refractivity contribution < 1.29 is 63.0 Å². The molecule has 0 bridgehead atoms. The van der Waals surface area contributed by atoms with Crippen molar-refractivity contribution in [3.63, 3.8) is 0 Å². The number of rotatable bonds is 13. The molecule has 4 rings (SSSR count). The van der Waals surface area contributed by atoms with Crippen LogP contribution in [0, 0.1) is 11.8 Å². The number of aromatic nitrogens is 1. The first kappa shape index (κ1) is 48.0. The van der Waals surface area contributed by atoms with E-state index in [1.54, 1.807) is 19.9 Å². The largest absolute Gasteiger partial charge is 0.508 e. The lowest BCUT2D eigenvalue weighted by Gasteiger charge is -2.31. The predicted molar refractivity (Wildman–Crippen MR) is 215 cm³/mol. The molecule has 336 valence electrons. The maximum atomic E-state index is 14.2. The van der Waals surface area contributed by atoms with E-state index in [1.807, 2.05) is 0 Å². The number of carbonyl (C=O) groups excluding carboxylic acids is 8. The van der Waals surface area contributed by atoms with Crippen molar-refractivity contribution in [3.8, 4) is 5.75 Å². The molecular formula is C37H54N10O13S. The summed E-state index contributed by atoms with van der Waals surface area (Å²) in [5, 5.41) is 55.8. The Labute approximate surface area is 351 Å². The summed E-state index contributed by atoms with van der Waals surface area (Å²) >= 11 is 0. The number of nitrogens with one attached hydrogen (secondary N) is 7. The number of β-amino-alcohol motifs (C(OH)–C–C–N with tert-alkyl or cyclic N) is 1. The molecule has 1 aromatic heterocycles. The first-order valence-electron chi connectivity index (χ1n) is 19.5. The summed E-state index contributed by atoms with van der Waals surface area (Å²) in [6.45, 7) is 2.57. The van der Waals surface area contributed by atoms with Crippen molar-refractivity contribution in [2.45, 2.75) is 94.0 Å². The summed E-state index contributed by atoms with van der Waals surface area (Å²) in [7, 11) is -2.19. The molecule has 2 unspecified atom stereocenters. The zero-order valence-electron chi connectivity index (χ0n) is 33.8. The van der Waals surface area contributed by atoms with Crippen molar-refractivity contribution in [3.05, 3.63) is 23.8 Å². The van der Waals surface area contributed by atoms with Crippen LogP contribution >= 0.6 is 0 Å². The number of amides is 8. The Kier molecular flexibility index (Phi) is 16.7. The van der Waals surface area contributed by atoms with Gasteiger partial charge in [0.25, 0.3) is 0 Å². The van der Waals surface area contributed by atoms with Gasteiger partial charge in [0.05, 0.1) is 60.4 Å². The average Bonchev–Trinajstić information content (AvgIpc) is 3.78. The van der Waals surface area contributed by atoms with Crippen LogP contribution in [-0.2, 0) is 55.7 Å². The van der Waals surface area contributed by atoms with E-state index < -0.39 is 138 Å². The molecule has 1 saturated heterocycles. The Morgan fingerprint density at radius 1 is 1.00 bits per heavy atom. The van der Waals surface area contributed by atoms with Gasteiger partial charge in [-0.05, 0) is 18.1 Å². The molecule has 8 amide bonds. The van der Waals surface area contributed by atoms with Crippen molar-refractivity contribution in [1.82, 2.24) is 41.8 Å². The van der Waals surface area contributed by atoms with Crippen LogP contribution in [0.3, 0.4) is 0 Å². The van der Waals surface area contributed by atoms with Crippen LogP contribution in [0.4, 0.5) is 0 Å². The molecule has 2 aromatic rings. The maximum Gasteiger partial charge on any atom is 0.246 e. The highest BCUT2D eigenvalue weighted by atomic mass is 32.2. The van der Waals surface area contributed by atoms with Crippen LogP contribution in [0.2, 0.25) is 0 Å². The fourth-order valence-corrected chi connectivity index (χ4v) is 8.42. The van der Waals surface area contributed by atoms with Crippen molar-refractivity contribution >= 4 is 69.0 Å². The number of primary amides is 2. The Balaban J connectivity index is 1.67. The van der Waals surface area contributed by atoms with Gasteiger partial charge in [-0.15, -0.1) is 0 Å². The van der Waals surface area contributed by atoms with Crippen LogP contribution in [0.1, 0.15) is 45.6 Å². The molecule has 23 nitrogen and oxygen atoms in total. The number of likely N-dealkylation sites (tertiary alicyclic amines) is 1. The monoisotopic (exact) mass is 878 g/mol. The number of H-pyrrole nitrogens is 1. The lowest BCUT2D eigenvalue weighted by molar-refractivity contribution is -0.143. The second kappa shape index (κ2) is 21.2. The molecule has 0 aliphatic carbocycles. The standard InChI is InChI=1S/C37H54N10O13S/c1-4-16(2)30-35(58)41-12-29(54)42-24(15-61(60)36-21(10-40-11-28(53)45-30)20-6-5-18(49)7-22(20)44-36)33(56)43-23(9-27(38)52)37(59)47-13-19(50)8-25(47)34(57)46-31(32(39)55)17(3)26(51)14-48/h5-7,16-17,19,23-26,30-31,40,44,48-51H,4,8-15H2,1-3H3,(H2,38,52)(H2,39,55)(H,41,58)(H,42,54)(H,43,56)(H,45,53)(H,46,57)/t16-,17-,19+,23-,24?,25-,26-,30-,31-,61?/m0/s1. The zero-order valence-corrected chi connectivity index (χ0v) is 34.6. The Bertz CT molecular complexity index is 2030. The number of phenols is 1. The summed E-state index contributed by atoms with van der Waals surface area (Å²) in [6.07, 6.45) is -3.49. The minimum atomic E-state index is -2.19. The summed E-state index contributed by atoms with van der Waals surface area (Å²) in [6, 6.07) is -3.33. The molecule has 0 saturated carbocycles. The Morgan fingerprint density at radius 2 is 1.69 bits per heavy atom. The van der Waals surface area contributed by atoms with Crippen molar-refractivity contribution in [2.24, 2.45) is 23.3 Å². The number of aromatic amines is 1. The second-order valence-corrected chi connectivity index (χ2v) is 16.6. The molecule has 15 N–H and O–H groups in total. The molecule has 0 spiro atoms. The molecule has 3 heterocycles. The molecule has 2 aliphatic rings. The minimum Gasteiger partial charge on any atom is -0.508 e. The molecular weight excluding hydrogens is 825 g/mol. The Hall–Kier alpha value is -5.69. The molecule has 1 aromatic carbocycles. The number of hydrogen-bond donors (Lipinski definition) is 13. The van der Waals surface area contributed by atoms with E-state index in [1.165, 1.54) is 19.1 Å². The zero-order chi connectivity index (χ0) is 45.3. The normalized spacial score (nSPS) is 24.2. The van der Waals surface area contributed by atoms with Crippen molar-refractivity contribution in [2.75, 3.05) is 32.0 Å². The third-order valence-corrected chi connectivity index (χ3v) is 12.1. The number of aliphatic hydroxyl groups excluding tert-OH is 3. The van der Waals surface area contributed by atoms with Gasteiger partial charge in [0, 0.05) is 42.4 Å². The summed E-state index contributed by atoms with van der Waals surface area (Å²) in [4.78, 5) is 110. The van der Waals surface area contributed by atoms with Gasteiger partial charge < -0.3 is 73.7 Å². The number of hydrogen-bond acceptors (Lipinski definition) is 14. The van der Waals surface area contributed by atoms with Gasteiger partial charge in [0.15, 0.2) is 0 Å². The van der Waals surface area contributed by atoms with Gasteiger partial charge in [-0.1, -0.05) is 27.2 Å². The number of nitrogens with zero attached hydrogens (tertiary/aromatic N) is 1. The SMILES string of the molecule is CC[C@H](C)[C@@H]1NC(=O)CNCc2c([nH]c3cc(O)ccc23)S(=O)CC(C(=O)N[C@@H](CC(N)=O)C(=O)N2C[C@H](O)C[C@H]2C(=O)N[C@H](C(N)=O)[C@@H](C)[C@@H](O)CO)NC(=O)CNC1=O. The number of nitrogens with two attached hydrogens (primary N) is 2. The number of fused-ring (bicyclic) bond motifs is 3. The minimum absolute atomic E-state index is 0.0539. The van der Waals surface area contributed by atoms with Crippen LogP contribution in [0.25, 0.3) is 10.9 Å². The maximum absolute atomic E-state index is 14.2. The van der Waals surface area contributed by atoms with Crippen LogP contribution < -0.4 is 43.4 Å². The summed E-state index contributed by atoms with van der Waals surface area (Å²) in [5.41, 5.74) is 11.6. The van der Waals surface area contributed by atoms with E-state index in [9.17, 15) is 63.0 Å². The number of aliphatic hydroxyl groups is 3. The first-order valence-corrected chi connectivity index (χ1v) is 20.8. The number of aromatic hydroxyl groups is 1. The van der Waals surface area contributed by atoms with Gasteiger partial charge >= 0.3 is 0 Å². The molecule has 0 radical (unpaired) electrons. The van der Waals surface area contributed by atoms with Gasteiger partial charge in [-0.25, -0.2) is 0 Å². The molecule has 1 fully saturated rings. The lowest BCUT2D eigenvalue weighted by atomic mass is 9.95. The van der Waals surface area contributed by atoms with Crippen LogP contribution in [0.15, 0.2) is 23.2 Å². The highest BCUT2D eigenvalue weighted by Gasteiger charge is 2.44. The molecule has 61 heavy (non-hydrogen) atoms. The highest BCUT2D eigenvalue weighted by molar-refractivity contribution is 7.85. The van der Waals surface area contributed by atoms with E-state index in [4.69, 9.17) is 11.5 Å². The smallest absolute Gasteiger partial charge is 0.246 e. The topological polar surface area (TPSA) is 378 Å². The highest BCUT2D eigenvalue weighted by Crippen LogP contribution is 2.28. The van der Waals surface area contributed by atoms with E-state index in [2.05, 4.69) is 36.9 Å². The first-order chi connectivity index (χ1) is 28.7. The van der Waals surface area contributed by atoms with E-state index >= 15 is 0 Å². The van der Waals surface area contributed by atoms with E-state index in [0.717, 1.165) is 4.90 Å². The third kappa shape index (κ3) is 12.2. The summed E-state index contributed by atoms with van der Waals surface area (Å²) < 4.78 is 14.2. The number of phenolic OH excluding ortho intramolecular Hbond substituents is 1. The number of carbonyl (C=O) groups is 8. The van der Waals surface area contributed by atoms with Crippen LogP contribution in [-0.4, -0.2) is 156 Å². The second-order valence-electron chi connectivity index (χ2n) is 15.2. The van der Waals surface area contributed by atoms with Crippen LogP contribution in [0.5, 0.6) is 5.75 Å². The molecule has 24 heteroatoms. The van der Waals surface area contributed by atoms with Gasteiger partial charge in [-0.3, -0.25) is 42.6 Å². The van der Waals surface area contributed by atoms with Gasteiger partial charge in [-0.2, -0.15) is 0 Å². The lowest BCUT2D eigenvalue weighted by Crippen LogP contribution is -2.60. The molecule has 10 atom stereocenters. The average molecular weight is 879 g/mol. The van der Waals surface area contributed by atoms with Crippen molar-refractivity contribution in [1.29, 1.82) is 0 Å². The van der Waals surface area contributed by atoms with E-state index in [0.29, 0.717) is 22.9 Å². The van der Waals surface area contributed by atoms with E-state index in [-0.39, 0.29) is 36.2 Å². The number of benzene rings is 1. The fourth-order valence-electron chi connectivity index (χ4n) is 7.04.